The highest BCUT2D eigenvalue weighted by Crippen LogP contribution is 2.26. The number of ether oxygens (including phenoxy) is 1. The summed E-state index contributed by atoms with van der Waals surface area (Å²) in [7, 11) is 0. The van der Waals surface area contributed by atoms with Gasteiger partial charge in [-0.15, -0.1) is 19.6 Å². The first-order valence-corrected chi connectivity index (χ1v) is 5.26. The molecule has 19 heavy (non-hydrogen) atoms. The van der Waals surface area contributed by atoms with Crippen molar-refractivity contribution in [2.45, 2.75) is 6.36 Å². The second-order valence-electron chi connectivity index (χ2n) is 3.68. The molecule has 2 nitrogen and oxygen atoms in total. The number of rotatable bonds is 2. The van der Waals surface area contributed by atoms with Crippen molar-refractivity contribution in [1.82, 2.24) is 4.98 Å². The summed E-state index contributed by atoms with van der Waals surface area (Å²) in [6.45, 7) is 0. The zero-order valence-electron chi connectivity index (χ0n) is 9.61. The molecule has 0 N–H and O–H groups in total. The summed E-state index contributed by atoms with van der Waals surface area (Å²) in [5.74, 6) is 2.18. The maximum absolute atomic E-state index is 12.0. The normalized spacial score (nSPS) is 10.8. The summed E-state index contributed by atoms with van der Waals surface area (Å²) in [6, 6.07) is 7.24. The third kappa shape index (κ3) is 3.49. The van der Waals surface area contributed by atoms with Gasteiger partial charge in [-0.3, -0.25) is 4.98 Å². The first-order chi connectivity index (χ1) is 8.98. The van der Waals surface area contributed by atoms with Gasteiger partial charge in [-0.05, 0) is 23.8 Å². The summed E-state index contributed by atoms with van der Waals surface area (Å²) in [5.41, 5.74) is 2.04. The van der Waals surface area contributed by atoms with Gasteiger partial charge in [0.2, 0.25) is 0 Å². The Hall–Kier alpha value is -2.48. The molecule has 0 aliphatic rings. The van der Waals surface area contributed by atoms with Gasteiger partial charge in [-0.25, -0.2) is 0 Å². The van der Waals surface area contributed by atoms with E-state index in [-0.39, 0.29) is 5.75 Å². The average molecular weight is 263 g/mol. The highest BCUT2D eigenvalue weighted by atomic mass is 19.4. The van der Waals surface area contributed by atoms with Crippen molar-refractivity contribution in [1.29, 1.82) is 0 Å². The topological polar surface area (TPSA) is 22.1 Å². The van der Waals surface area contributed by atoms with E-state index in [1.807, 2.05) is 0 Å². The summed E-state index contributed by atoms with van der Waals surface area (Å²) >= 11 is 0. The molecule has 0 radical (unpaired) electrons. The van der Waals surface area contributed by atoms with Gasteiger partial charge >= 0.3 is 6.36 Å². The fourth-order valence-corrected chi connectivity index (χ4v) is 1.53. The first kappa shape index (κ1) is 13.0. The highest BCUT2D eigenvalue weighted by molar-refractivity contribution is 5.64. The molecule has 1 aromatic heterocycles. The summed E-state index contributed by atoms with van der Waals surface area (Å²) in [4.78, 5) is 3.96. The summed E-state index contributed by atoms with van der Waals surface area (Å²) in [6.07, 6.45) is 3.68. The maximum Gasteiger partial charge on any atom is 0.573 e. The molecule has 0 aliphatic carbocycles. The third-order valence-corrected chi connectivity index (χ3v) is 2.33. The van der Waals surface area contributed by atoms with Gasteiger partial charge in [0.1, 0.15) is 5.75 Å². The van der Waals surface area contributed by atoms with Crippen LogP contribution in [-0.2, 0) is 0 Å². The largest absolute Gasteiger partial charge is 0.573 e. The van der Waals surface area contributed by atoms with E-state index in [4.69, 9.17) is 6.42 Å². The predicted octanol–water partition coefficient (Wildman–Crippen LogP) is 3.63. The standard InChI is InChI=1S/C14H8F3NO/c1-2-10-7-12(9-18-8-10)11-3-5-13(6-4-11)19-14(15,16)17/h1,3-9H. The number of terminal acetylenes is 1. The molecule has 2 aromatic rings. The van der Waals surface area contributed by atoms with Crippen molar-refractivity contribution in [2.75, 3.05) is 0 Å². The van der Waals surface area contributed by atoms with Crippen LogP contribution >= 0.6 is 0 Å². The molecule has 96 valence electrons. The molecule has 0 saturated heterocycles. The van der Waals surface area contributed by atoms with Crippen LogP contribution in [0.5, 0.6) is 5.75 Å². The Morgan fingerprint density at radius 1 is 1.05 bits per heavy atom. The minimum Gasteiger partial charge on any atom is -0.406 e. The van der Waals surface area contributed by atoms with Crippen LogP contribution in [0.1, 0.15) is 5.56 Å². The molecule has 1 aromatic carbocycles. The third-order valence-electron chi connectivity index (χ3n) is 2.33. The minimum absolute atomic E-state index is 0.266. The Morgan fingerprint density at radius 3 is 2.32 bits per heavy atom. The van der Waals surface area contributed by atoms with Crippen LogP contribution in [0, 0.1) is 12.3 Å². The zero-order valence-corrected chi connectivity index (χ0v) is 9.61. The maximum atomic E-state index is 12.0. The van der Waals surface area contributed by atoms with E-state index in [0.29, 0.717) is 11.1 Å². The Labute approximate surface area is 107 Å². The fraction of sp³-hybridized carbons (Fsp3) is 0.0714. The quantitative estimate of drug-likeness (QED) is 0.772. The van der Waals surface area contributed by atoms with E-state index in [9.17, 15) is 13.2 Å². The minimum atomic E-state index is -4.69. The SMILES string of the molecule is C#Cc1cncc(-c2ccc(OC(F)(F)F)cc2)c1. The molecule has 0 amide bonds. The van der Waals surface area contributed by atoms with Crippen LogP contribution in [-0.4, -0.2) is 11.3 Å². The van der Waals surface area contributed by atoms with Crippen molar-refractivity contribution in [3.63, 3.8) is 0 Å². The van der Waals surface area contributed by atoms with Crippen LogP contribution in [0.4, 0.5) is 13.2 Å². The van der Waals surface area contributed by atoms with Gasteiger partial charge in [-0.2, -0.15) is 0 Å². The molecule has 5 heteroatoms. The molecular weight excluding hydrogens is 255 g/mol. The number of benzene rings is 1. The lowest BCUT2D eigenvalue weighted by Gasteiger charge is -2.09. The number of hydrogen-bond acceptors (Lipinski definition) is 2. The fourth-order valence-electron chi connectivity index (χ4n) is 1.53. The lowest BCUT2D eigenvalue weighted by molar-refractivity contribution is -0.274. The van der Waals surface area contributed by atoms with Gasteiger partial charge in [0.05, 0.1) is 0 Å². The van der Waals surface area contributed by atoms with Crippen LogP contribution in [0.25, 0.3) is 11.1 Å². The molecule has 1 heterocycles. The van der Waals surface area contributed by atoms with Crippen LogP contribution in [0.15, 0.2) is 42.7 Å². The molecule has 0 aliphatic heterocycles. The van der Waals surface area contributed by atoms with Gasteiger partial charge in [0.15, 0.2) is 0 Å². The van der Waals surface area contributed by atoms with E-state index in [0.717, 1.165) is 5.56 Å². The van der Waals surface area contributed by atoms with Gasteiger partial charge in [-0.1, -0.05) is 18.1 Å². The monoisotopic (exact) mass is 263 g/mol. The van der Waals surface area contributed by atoms with Crippen molar-refractivity contribution in [3.8, 4) is 29.2 Å². The van der Waals surface area contributed by atoms with E-state index in [1.165, 1.54) is 30.5 Å². The van der Waals surface area contributed by atoms with Crippen LogP contribution < -0.4 is 4.74 Å². The number of aromatic nitrogens is 1. The molecule has 0 saturated carbocycles. The second-order valence-corrected chi connectivity index (χ2v) is 3.68. The van der Waals surface area contributed by atoms with E-state index < -0.39 is 6.36 Å². The number of hydrogen-bond donors (Lipinski definition) is 0. The smallest absolute Gasteiger partial charge is 0.406 e. The summed E-state index contributed by atoms with van der Waals surface area (Å²) < 4.78 is 39.8. The number of alkyl halides is 3. The molecule has 0 spiro atoms. The highest BCUT2D eigenvalue weighted by Gasteiger charge is 2.30. The van der Waals surface area contributed by atoms with Crippen molar-refractivity contribution in [2.24, 2.45) is 0 Å². The van der Waals surface area contributed by atoms with Gasteiger partial charge in [0.25, 0.3) is 0 Å². The van der Waals surface area contributed by atoms with E-state index in [1.54, 1.807) is 12.3 Å². The first-order valence-electron chi connectivity index (χ1n) is 5.26. The number of nitrogens with zero attached hydrogens (tertiary/aromatic N) is 1. The Balaban J connectivity index is 2.25. The Bertz CT molecular complexity index is 612. The lowest BCUT2D eigenvalue weighted by atomic mass is 10.1. The van der Waals surface area contributed by atoms with Gasteiger partial charge < -0.3 is 4.74 Å². The Kier molecular flexibility index (Phi) is 3.43. The van der Waals surface area contributed by atoms with Crippen molar-refractivity contribution < 1.29 is 17.9 Å². The lowest BCUT2D eigenvalue weighted by Crippen LogP contribution is -2.16. The molecule has 0 unspecified atom stereocenters. The number of halogens is 3. The van der Waals surface area contributed by atoms with Crippen molar-refractivity contribution in [3.05, 3.63) is 48.3 Å². The zero-order chi connectivity index (χ0) is 13.9. The van der Waals surface area contributed by atoms with Gasteiger partial charge in [0, 0.05) is 23.5 Å². The number of pyridine rings is 1. The molecule has 0 atom stereocenters. The molecule has 0 bridgehead atoms. The molecule has 0 fully saturated rings. The van der Waals surface area contributed by atoms with E-state index >= 15 is 0 Å². The van der Waals surface area contributed by atoms with Crippen molar-refractivity contribution >= 4 is 0 Å². The predicted molar refractivity (Wildman–Crippen MR) is 64.3 cm³/mol. The van der Waals surface area contributed by atoms with Crippen LogP contribution in [0.3, 0.4) is 0 Å². The van der Waals surface area contributed by atoms with E-state index in [2.05, 4.69) is 15.6 Å². The average Bonchev–Trinajstić information content (AvgIpc) is 2.38. The van der Waals surface area contributed by atoms with Crippen LogP contribution in [0.2, 0.25) is 0 Å². The molecule has 2 rings (SSSR count). The summed E-state index contributed by atoms with van der Waals surface area (Å²) in [5, 5.41) is 0. The Morgan fingerprint density at radius 2 is 1.74 bits per heavy atom. The molecular formula is C14H8F3NO. The second kappa shape index (κ2) is 5.02.